The number of aryl methyl sites for hydroxylation is 1. The molecule has 31 heavy (non-hydrogen) atoms. The molecule has 0 radical (unpaired) electrons. The molecule has 168 valence electrons. The summed E-state index contributed by atoms with van der Waals surface area (Å²) in [5, 5.41) is 3.36. The third-order valence-corrected chi connectivity index (χ3v) is 6.50. The van der Waals surface area contributed by atoms with Gasteiger partial charge in [-0.2, -0.15) is 0 Å². The normalized spacial score (nSPS) is 19.3. The smallest absolute Gasteiger partial charge is 0.131 e. The average molecular weight is 422 g/mol. The van der Waals surface area contributed by atoms with Gasteiger partial charge in [0, 0.05) is 19.5 Å². The third-order valence-electron chi connectivity index (χ3n) is 6.50. The van der Waals surface area contributed by atoms with Gasteiger partial charge in [0.1, 0.15) is 11.5 Å². The van der Waals surface area contributed by atoms with Crippen molar-refractivity contribution >= 4 is 5.78 Å². The maximum absolute atomic E-state index is 11.1. The number of ether oxygens (including phenoxy) is 1. The van der Waals surface area contributed by atoms with Crippen LogP contribution in [0.4, 0.5) is 0 Å². The number of Topliss-reactive ketones (excluding diaryl/α,β-unsaturated/α-hetero) is 1. The summed E-state index contributed by atoms with van der Waals surface area (Å²) >= 11 is 0. The lowest BCUT2D eigenvalue weighted by Crippen LogP contribution is -2.30. The maximum atomic E-state index is 11.1. The number of benzene rings is 2. The van der Waals surface area contributed by atoms with Gasteiger partial charge in [-0.1, -0.05) is 45.0 Å². The number of carbonyl (C=O) groups is 1. The van der Waals surface area contributed by atoms with Crippen LogP contribution in [-0.4, -0.2) is 18.4 Å². The molecule has 2 aromatic carbocycles. The van der Waals surface area contributed by atoms with Crippen molar-refractivity contribution in [2.75, 3.05) is 6.54 Å². The van der Waals surface area contributed by atoms with Gasteiger partial charge in [0.25, 0.3) is 0 Å². The quantitative estimate of drug-likeness (QED) is 0.481. The van der Waals surface area contributed by atoms with E-state index in [0.29, 0.717) is 17.9 Å². The summed E-state index contributed by atoms with van der Waals surface area (Å²) in [6.07, 6.45) is 5.71. The number of carbonyl (C=O) groups excluding carboxylic acids is 1. The lowest BCUT2D eigenvalue weighted by atomic mass is 9.72. The van der Waals surface area contributed by atoms with Crippen molar-refractivity contribution in [3.63, 3.8) is 0 Å². The zero-order chi connectivity index (χ0) is 22.4. The van der Waals surface area contributed by atoms with E-state index in [1.807, 2.05) is 0 Å². The van der Waals surface area contributed by atoms with E-state index in [0.717, 1.165) is 37.6 Å². The molecule has 1 saturated carbocycles. The van der Waals surface area contributed by atoms with Gasteiger partial charge in [0.05, 0.1) is 6.10 Å². The second kappa shape index (κ2) is 10.5. The van der Waals surface area contributed by atoms with Gasteiger partial charge in [-0.05, 0) is 91.3 Å². The predicted octanol–water partition coefficient (Wildman–Crippen LogP) is 6.71. The summed E-state index contributed by atoms with van der Waals surface area (Å²) in [4.78, 5) is 11.1. The summed E-state index contributed by atoms with van der Waals surface area (Å²) in [7, 11) is 0. The van der Waals surface area contributed by atoms with Crippen LogP contribution in [0.2, 0.25) is 0 Å². The molecule has 0 heterocycles. The van der Waals surface area contributed by atoms with Crippen molar-refractivity contribution in [1.82, 2.24) is 5.32 Å². The van der Waals surface area contributed by atoms with Gasteiger partial charge in [-0.25, -0.2) is 0 Å². The Balaban J connectivity index is 1.65. The predicted molar refractivity (Wildman–Crippen MR) is 129 cm³/mol. The summed E-state index contributed by atoms with van der Waals surface area (Å²) < 4.78 is 6.45. The molecular formula is C28H39NO2. The molecule has 3 heteroatoms. The molecule has 0 atom stereocenters. The molecule has 0 saturated heterocycles. The van der Waals surface area contributed by atoms with Crippen LogP contribution in [0.15, 0.2) is 42.5 Å². The summed E-state index contributed by atoms with van der Waals surface area (Å²) in [6.45, 7) is 12.3. The van der Waals surface area contributed by atoms with Crippen molar-refractivity contribution in [3.8, 4) is 16.9 Å². The molecule has 1 fully saturated rings. The second-order valence-corrected chi connectivity index (χ2v) is 10.3. The molecule has 0 aliphatic heterocycles. The molecule has 0 unspecified atom stereocenters. The Morgan fingerprint density at radius 2 is 1.77 bits per heavy atom. The summed E-state index contributed by atoms with van der Waals surface area (Å²) in [6, 6.07) is 15.2. The molecule has 0 spiro atoms. The SMILES string of the molecule is CC(=O)CCNCc1cccc(-c2cc(C)cc(OC3CCC(C(C)(C)C)CC3)c2)c1. The van der Waals surface area contributed by atoms with E-state index in [4.69, 9.17) is 4.74 Å². The van der Waals surface area contributed by atoms with Crippen LogP contribution >= 0.6 is 0 Å². The highest BCUT2D eigenvalue weighted by atomic mass is 16.5. The Morgan fingerprint density at radius 3 is 2.45 bits per heavy atom. The van der Waals surface area contributed by atoms with E-state index in [2.05, 4.69) is 75.5 Å². The molecule has 0 aromatic heterocycles. The van der Waals surface area contributed by atoms with Gasteiger partial charge in [-0.3, -0.25) is 4.79 Å². The first kappa shape index (κ1) is 23.5. The highest BCUT2D eigenvalue weighted by Crippen LogP contribution is 2.39. The second-order valence-electron chi connectivity index (χ2n) is 10.3. The Bertz CT molecular complexity index is 873. The first-order valence-electron chi connectivity index (χ1n) is 11.8. The molecule has 0 amide bonds. The van der Waals surface area contributed by atoms with Crippen LogP contribution < -0.4 is 10.1 Å². The number of hydrogen-bond donors (Lipinski definition) is 1. The number of hydrogen-bond acceptors (Lipinski definition) is 3. The minimum absolute atomic E-state index is 0.223. The highest BCUT2D eigenvalue weighted by Gasteiger charge is 2.30. The van der Waals surface area contributed by atoms with E-state index in [1.54, 1.807) is 6.92 Å². The van der Waals surface area contributed by atoms with Crippen molar-refractivity contribution in [1.29, 1.82) is 0 Å². The average Bonchev–Trinajstić information content (AvgIpc) is 2.71. The first-order valence-corrected chi connectivity index (χ1v) is 11.8. The van der Waals surface area contributed by atoms with E-state index < -0.39 is 0 Å². The van der Waals surface area contributed by atoms with E-state index in [-0.39, 0.29) is 5.78 Å². The van der Waals surface area contributed by atoms with E-state index >= 15 is 0 Å². The fourth-order valence-corrected chi connectivity index (χ4v) is 4.58. The maximum Gasteiger partial charge on any atom is 0.131 e. The number of nitrogens with one attached hydrogen (secondary N) is 1. The molecule has 1 aliphatic rings. The zero-order valence-corrected chi connectivity index (χ0v) is 20.0. The standard InChI is InChI=1S/C28H39NO2/c1-20-15-24(23-8-6-7-22(17-23)19-29-14-13-21(2)30)18-27(16-20)31-26-11-9-25(10-12-26)28(3,4)5/h6-8,15-18,25-26,29H,9-14,19H2,1-5H3. The van der Waals surface area contributed by atoms with Crippen molar-refractivity contribution in [3.05, 3.63) is 53.6 Å². The van der Waals surface area contributed by atoms with Crippen LogP contribution in [-0.2, 0) is 11.3 Å². The van der Waals surface area contributed by atoms with Crippen LogP contribution in [0.5, 0.6) is 5.75 Å². The van der Waals surface area contributed by atoms with Gasteiger partial charge in [0.15, 0.2) is 0 Å². The molecule has 3 nitrogen and oxygen atoms in total. The van der Waals surface area contributed by atoms with Crippen LogP contribution in [0.25, 0.3) is 11.1 Å². The van der Waals surface area contributed by atoms with E-state index in [9.17, 15) is 4.79 Å². The van der Waals surface area contributed by atoms with Crippen molar-refractivity contribution < 1.29 is 9.53 Å². The minimum atomic E-state index is 0.223. The Morgan fingerprint density at radius 1 is 1.03 bits per heavy atom. The summed E-state index contributed by atoms with van der Waals surface area (Å²) in [5.74, 6) is 2.01. The van der Waals surface area contributed by atoms with Crippen molar-refractivity contribution in [2.45, 2.75) is 79.4 Å². The number of ketones is 1. The van der Waals surface area contributed by atoms with Crippen molar-refractivity contribution in [2.24, 2.45) is 11.3 Å². The molecule has 2 aromatic rings. The van der Waals surface area contributed by atoms with Gasteiger partial charge < -0.3 is 10.1 Å². The molecular weight excluding hydrogens is 382 g/mol. The minimum Gasteiger partial charge on any atom is -0.490 e. The molecule has 1 N–H and O–H groups in total. The highest BCUT2D eigenvalue weighted by molar-refractivity contribution is 5.75. The molecule has 3 rings (SSSR count). The Hall–Kier alpha value is -2.13. The fourth-order valence-electron chi connectivity index (χ4n) is 4.58. The Labute approximate surface area is 188 Å². The lowest BCUT2D eigenvalue weighted by Gasteiger charge is -2.37. The van der Waals surface area contributed by atoms with E-state index in [1.165, 1.54) is 35.1 Å². The largest absolute Gasteiger partial charge is 0.490 e. The fraction of sp³-hybridized carbons (Fsp3) is 0.536. The zero-order valence-electron chi connectivity index (χ0n) is 20.0. The van der Waals surface area contributed by atoms with Crippen LogP contribution in [0.1, 0.15) is 70.9 Å². The lowest BCUT2D eigenvalue weighted by molar-refractivity contribution is -0.116. The van der Waals surface area contributed by atoms with Gasteiger partial charge >= 0.3 is 0 Å². The number of rotatable bonds is 8. The molecule has 0 bridgehead atoms. The van der Waals surface area contributed by atoms with Crippen LogP contribution in [0.3, 0.4) is 0 Å². The van der Waals surface area contributed by atoms with Crippen LogP contribution in [0, 0.1) is 18.3 Å². The van der Waals surface area contributed by atoms with Gasteiger partial charge in [0.2, 0.25) is 0 Å². The van der Waals surface area contributed by atoms with Gasteiger partial charge in [-0.15, -0.1) is 0 Å². The summed E-state index contributed by atoms with van der Waals surface area (Å²) in [5.41, 5.74) is 5.25. The topological polar surface area (TPSA) is 38.3 Å². The Kier molecular flexibility index (Phi) is 7.94. The first-order chi connectivity index (χ1) is 14.7. The third kappa shape index (κ3) is 7.21. The molecule has 1 aliphatic carbocycles. The monoisotopic (exact) mass is 421 g/mol.